The molecule has 150 valence electrons. The van der Waals surface area contributed by atoms with E-state index in [1.807, 2.05) is 31.2 Å². The molecule has 5 nitrogen and oxygen atoms in total. The highest BCUT2D eigenvalue weighted by atomic mass is 35.5. The van der Waals surface area contributed by atoms with Crippen LogP contribution in [0.4, 0.5) is 5.69 Å². The van der Waals surface area contributed by atoms with Gasteiger partial charge in [-0.3, -0.25) is 4.79 Å². The van der Waals surface area contributed by atoms with Crippen molar-refractivity contribution in [1.82, 2.24) is 4.31 Å². The summed E-state index contributed by atoms with van der Waals surface area (Å²) in [6, 6.07) is 12.3. The first kappa shape index (κ1) is 21.1. The predicted octanol–water partition coefficient (Wildman–Crippen LogP) is 4.48. The number of halogens is 2. The maximum Gasteiger partial charge on any atom is 0.228 e. The highest BCUT2D eigenvalue weighted by Crippen LogP contribution is 2.26. The molecule has 1 N–H and O–H groups in total. The van der Waals surface area contributed by atoms with Crippen molar-refractivity contribution in [3.8, 4) is 0 Å². The summed E-state index contributed by atoms with van der Waals surface area (Å²) in [6.07, 6.45) is 1.31. The SMILES string of the molecule is Cc1ccccc1NC(=O)C1CCCN(S(=O)(=O)Cc2ccc(Cl)c(Cl)c2)C1. The molecule has 1 heterocycles. The Morgan fingerprint density at radius 1 is 1.18 bits per heavy atom. The van der Waals surface area contributed by atoms with E-state index in [9.17, 15) is 13.2 Å². The first-order valence-electron chi connectivity index (χ1n) is 9.04. The molecule has 0 aromatic heterocycles. The summed E-state index contributed by atoms with van der Waals surface area (Å²) in [7, 11) is -3.56. The van der Waals surface area contributed by atoms with Gasteiger partial charge in [0.05, 0.1) is 21.7 Å². The number of benzene rings is 2. The molecule has 1 aliphatic rings. The number of sulfonamides is 1. The summed E-state index contributed by atoms with van der Waals surface area (Å²) < 4.78 is 27.1. The van der Waals surface area contributed by atoms with E-state index in [0.29, 0.717) is 35.0 Å². The number of carbonyl (C=O) groups excluding carboxylic acids is 1. The van der Waals surface area contributed by atoms with Gasteiger partial charge in [0.1, 0.15) is 0 Å². The largest absolute Gasteiger partial charge is 0.326 e. The molecule has 1 aliphatic heterocycles. The van der Waals surface area contributed by atoms with Crippen molar-refractivity contribution in [3.05, 3.63) is 63.6 Å². The summed E-state index contributed by atoms with van der Waals surface area (Å²) in [5.41, 5.74) is 2.29. The average molecular weight is 441 g/mol. The smallest absolute Gasteiger partial charge is 0.228 e. The average Bonchev–Trinajstić information content (AvgIpc) is 2.66. The summed E-state index contributed by atoms with van der Waals surface area (Å²) in [5, 5.41) is 3.63. The highest BCUT2D eigenvalue weighted by molar-refractivity contribution is 7.88. The Labute approximate surface area is 175 Å². The van der Waals surface area contributed by atoms with E-state index in [-0.39, 0.29) is 24.1 Å². The normalized spacial score (nSPS) is 18.0. The van der Waals surface area contributed by atoms with E-state index in [4.69, 9.17) is 23.2 Å². The molecule has 1 unspecified atom stereocenters. The Bertz CT molecular complexity index is 979. The molecular weight excluding hydrogens is 419 g/mol. The van der Waals surface area contributed by atoms with Crippen LogP contribution in [0.2, 0.25) is 10.0 Å². The molecule has 1 atom stereocenters. The third-order valence-corrected chi connectivity index (χ3v) is 7.44. The lowest BCUT2D eigenvalue weighted by atomic mass is 9.98. The quantitative estimate of drug-likeness (QED) is 0.744. The van der Waals surface area contributed by atoms with Crippen LogP contribution >= 0.6 is 23.2 Å². The van der Waals surface area contributed by atoms with Crippen LogP contribution in [-0.2, 0) is 20.6 Å². The minimum absolute atomic E-state index is 0.149. The van der Waals surface area contributed by atoms with E-state index < -0.39 is 10.0 Å². The molecule has 0 aliphatic carbocycles. The maximum atomic E-state index is 12.8. The van der Waals surface area contributed by atoms with Gasteiger partial charge in [0.15, 0.2) is 0 Å². The molecule has 0 bridgehead atoms. The van der Waals surface area contributed by atoms with Gasteiger partial charge in [0, 0.05) is 18.8 Å². The molecule has 8 heteroatoms. The van der Waals surface area contributed by atoms with Crippen molar-refractivity contribution >= 4 is 44.8 Å². The molecular formula is C20H22Cl2N2O3S. The fraction of sp³-hybridized carbons (Fsp3) is 0.350. The number of nitrogens with zero attached hydrogens (tertiary/aromatic N) is 1. The van der Waals surface area contributed by atoms with Gasteiger partial charge >= 0.3 is 0 Å². The van der Waals surface area contributed by atoms with Crippen molar-refractivity contribution in [2.45, 2.75) is 25.5 Å². The third kappa shape index (κ3) is 5.06. The lowest BCUT2D eigenvalue weighted by molar-refractivity contribution is -0.120. The van der Waals surface area contributed by atoms with Crippen molar-refractivity contribution in [2.75, 3.05) is 18.4 Å². The highest BCUT2D eigenvalue weighted by Gasteiger charge is 2.32. The number of carbonyl (C=O) groups is 1. The molecule has 0 spiro atoms. The summed E-state index contributed by atoms with van der Waals surface area (Å²) in [5.74, 6) is -0.698. The fourth-order valence-corrected chi connectivity index (χ4v) is 5.21. The topological polar surface area (TPSA) is 66.5 Å². The Balaban J connectivity index is 1.68. The Morgan fingerprint density at radius 3 is 2.64 bits per heavy atom. The lowest BCUT2D eigenvalue weighted by Gasteiger charge is -2.31. The Hall–Kier alpha value is -1.60. The third-order valence-electron chi connectivity index (χ3n) is 4.88. The first-order valence-corrected chi connectivity index (χ1v) is 11.4. The van der Waals surface area contributed by atoms with Gasteiger partial charge in [0.25, 0.3) is 0 Å². The molecule has 0 saturated carbocycles. The van der Waals surface area contributed by atoms with Crippen LogP contribution in [0.3, 0.4) is 0 Å². The van der Waals surface area contributed by atoms with E-state index >= 15 is 0 Å². The number of amides is 1. The van der Waals surface area contributed by atoms with Crippen molar-refractivity contribution in [1.29, 1.82) is 0 Å². The van der Waals surface area contributed by atoms with Crippen molar-refractivity contribution in [3.63, 3.8) is 0 Å². The second-order valence-corrected chi connectivity index (χ2v) is 9.79. The number of hydrogen-bond acceptors (Lipinski definition) is 3. The molecule has 2 aromatic rings. The van der Waals surface area contributed by atoms with E-state index in [1.54, 1.807) is 18.2 Å². The van der Waals surface area contributed by atoms with Crippen LogP contribution in [0.1, 0.15) is 24.0 Å². The van der Waals surface area contributed by atoms with Crippen LogP contribution in [0.15, 0.2) is 42.5 Å². The van der Waals surface area contributed by atoms with Gasteiger partial charge in [-0.2, -0.15) is 0 Å². The first-order chi connectivity index (χ1) is 13.3. The number of nitrogens with one attached hydrogen (secondary N) is 1. The van der Waals surface area contributed by atoms with E-state index in [0.717, 1.165) is 11.3 Å². The van der Waals surface area contributed by atoms with Crippen LogP contribution in [0.25, 0.3) is 0 Å². The van der Waals surface area contributed by atoms with Gasteiger partial charge in [-0.05, 0) is 49.1 Å². The zero-order chi connectivity index (χ0) is 20.3. The molecule has 3 rings (SSSR count). The minimum atomic E-state index is -3.56. The van der Waals surface area contributed by atoms with Crippen molar-refractivity contribution in [2.24, 2.45) is 5.92 Å². The van der Waals surface area contributed by atoms with Gasteiger partial charge in [-0.15, -0.1) is 0 Å². The van der Waals surface area contributed by atoms with Crippen LogP contribution in [0.5, 0.6) is 0 Å². The molecule has 1 saturated heterocycles. The zero-order valence-corrected chi connectivity index (χ0v) is 17.8. The predicted molar refractivity (Wildman–Crippen MR) is 113 cm³/mol. The van der Waals surface area contributed by atoms with E-state index in [1.165, 1.54) is 4.31 Å². The summed E-state index contributed by atoms with van der Waals surface area (Å²) in [6.45, 7) is 2.52. The standard InChI is InChI=1S/C20H22Cl2N2O3S/c1-14-5-2-3-7-19(14)23-20(25)16-6-4-10-24(12-16)28(26,27)13-15-8-9-17(21)18(22)11-15/h2-3,5,7-9,11,16H,4,6,10,12-13H2,1H3,(H,23,25). The number of anilines is 1. The molecule has 0 radical (unpaired) electrons. The monoisotopic (exact) mass is 440 g/mol. The number of hydrogen-bond donors (Lipinski definition) is 1. The Morgan fingerprint density at radius 2 is 1.93 bits per heavy atom. The van der Waals surface area contributed by atoms with Crippen LogP contribution in [-0.4, -0.2) is 31.7 Å². The minimum Gasteiger partial charge on any atom is -0.326 e. The van der Waals surface area contributed by atoms with E-state index in [2.05, 4.69) is 5.32 Å². The van der Waals surface area contributed by atoms with Gasteiger partial charge in [-0.25, -0.2) is 12.7 Å². The second-order valence-electron chi connectivity index (χ2n) is 7.01. The molecule has 28 heavy (non-hydrogen) atoms. The molecule has 1 fully saturated rings. The van der Waals surface area contributed by atoms with Crippen LogP contribution < -0.4 is 5.32 Å². The number of para-hydroxylation sites is 1. The summed E-state index contributed by atoms with van der Waals surface area (Å²) in [4.78, 5) is 12.7. The molecule has 2 aromatic carbocycles. The number of piperidine rings is 1. The molecule has 1 amide bonds. The van der Waals surface area contributed by atoms with Gasteiger partial charge in [0.2, 0.25) is 15.9 Å². The van der Waals surface area contributed by atoms with Gasteiger partial charge < -0.3 is 5.32 Å². The maximum absolute atomic E-state index is 12.8. The Kier molecular flexibility index (Phi) is 6.65. The number of aryl methyl sites for hydroxylation is 1. The lowest BCUT2D eigenvalue weighted by Crippen LogP contribution is -2.44. The second kappa shape index (κ2) is 8.82. The zero-order valence-electron chi connectivity index (χ0n) is 15.5. The summed E-state index contributed by atoms with van der Waals surface area (Å²) >= 11 is 11.9. The van der Waals surface area contributed by atoms with Gasteiger partial charge in [-0.1, -0.05) is 47.5 Å². The number of rotatable bonds is 5. The fourth-order valence-electron chi connectivity index (χ4n) is 3.29. The van der Waals surface area contributed by atoms with Crippen LogP contribution in [0, 0.1) is 12.8 Å². The van der Waals surface area contributed by atoms with Crippen molar-refractivity contribution < 1.29 is 13.2 Å².